The van der Waals surface area contributed by atoms with Crippen molar-refractivity contribution in [3.05, 3.63) is 128 Å². The number of nitrogens with zero attached hydrogens (tertiary/aromatic N) is 4. The highest BCUT2D eigenvalue weighted by atomic mass is 35.5. The predicted molar refractivity (Wildman–Crippen MR) is 206 cm³/mol. The second kappa shape index (κ2) is 19.1. The summed E-state index contributed by atoms with van der Waals surface area (Å²) in [5.74, 6) is 1.59. The minimum Gasteiger partial charge on any atom is -0.457 e. The number of halogens is 4. The van der Waals surface area contributed by atoms with Gasteiger partial charge in [0.05, 0.1) is 9.85 Å². The Balaban J connectivity index is 1.14. The Morgan fingerprint density at radius 2 is 0.833 bits per heavy atom. The van der Waals surface area contributed by atoms with E-state index in [9.17, 15) is 29.8 Å². The smallest absolute Gasteiger partial charge is 0.269 e. The third kappa shape index (κ3) is 11.7. The van der Waals surface area contributed by atoms with Crippen LogP contribution in [0.25, 0.3) is 0 Å². The Morgan fingerprint density at radius 3 is 1.09 bits per heavy atom. The van der Waals surface area contributed by atoms with Crippen LogP contribution in [0.3, 0.4) is 0 Å². The van der Waals surface area contributed by atoms with Crippen molar-refractivity contribution in [2.24, 2.45) is 11.8 Å². The molecule has 284 valence electrons. The number of benzene rings is 4. The van der Waals surface area contributed by atoms with Crippen molar-refractivity contribution in [3.8, 4) is 23.0 Å². The SMILES string of the molecule is O=C(C(Cl)Cl)N(Cc1ccc(Oc2ccc([N+](=O)[O-])cc2)cc1)CC1CCC(CN(Cc2ccc(Oc3ccc([N+](=O)[O-])cc3)cc2)C(=O)C(Cl)Cl)CC1. The average molecular weight is 819 g/mol. The standard InChI is InChI=1S/C38H36Cl4N4O8/c39-35(40)37(47)43(23-27-5-13-31(14-6-27)53-33-17-9-29(10-18-33)45(49)50)21-25-1-2-26(4-3-25)22-44(38(48)36(41)42)24-28-7-15-32(16-8-28)54-34-19-11-30(12-20-34)46(51)52/h5-20,25-26,35-36H,1-4,21-24H2. The van der Waals surface area contributed by atoms with Crippen LogP contribution < -0.4 is 9.47 Å². The van der Waals surface area contributed by atoms with E-state index in [2.05, 4.69) is 0 Å². The molecule has 0 N–H and O–H groups in total. The van der Waals surface area contributed by atoms with Crippen molar-refractivity contribution in [2.45, 2.75) is 48.4 Å². The molecule has 0 bridgehead atoms. The number of hydrogen-bond donors (Lipinski definition) is 0. The quantitative estimate of drug-likeness (QED) is 0.0617. The highest BCUT2D eigenvalue weighted by molar-refractivity contribution is 6.53. The van der Waals surface area contributed by atoms with Crippen LogP contribution in [0.4, 0.5) is 11.4 Å². The molecule has 0 saturated heterocycles. The van der Waals surface area contributed by atoms with E-state index >= 15 is 0 Å². The molecule has 4 aromatic rings. The number of non-ortho nitro benzene ring substituents is 2. The summed E-state index contributed by atoms with van der Waals surface area (Å²) in [7, 11) is 0. The number of carbonyl (C=O) groups is 2. The number of rotatable bonds is 16. The maximum absolute atomic E-state index is 13.1. The zero-order chi connectivity index (χ0) is 38.8. The lowest BCUT2D eigenvalue weighted by atomic mass is 9.81. The summed E-state index contributed by atoms with van der Waals surface area (Å²) < 4.78 is 11.6. The van der Waals surface area contributed by atoms with Crippen molar-refractivity contribution < 1.29 is 28.9 Å². The number of nitro benzene ring substituents is 2. The van der Waals surface area contributed by atoms with Crippen LogP contribution in [0, 0.1) is 32.1 Å². The Bertz CT molecular complexity index is 1750. The van der Waals surface area contributed by atoms with Gasteiger partial charge in [0.15, 0.2) is 9.67 Å². The van der Waals surface area contributed by atoms with Crippen molar-refractivity contribution in [1.29, 1.82) is 0 Å². The Labute approximate surface area is 331 Å². The molecule has 0 aromatic heterocycles. The summed E-state index contributed by atoms with van der Waals surface area (Å²) in [4.78, 5) is 47.9. The minimum absolute atomic E-state index is 0.0317. The lowest BCUT2D eigenvalue weighted by Gasteiger charge is -2.35. The summed E-state index contributed by atoms with van der Waals surface area (Å²) in [6.07, 6.45) is 3.31. The molecule has 0 unspecified atom stereocenters. The third-order valence-electron chi connectivity index (χ3n) is 9.08. The molecule has 0 radical (unpaired) electrons. The molecule has 1 aliphatic carbocycles. The van der Waals surface area contributed by atoms with E-state index < -0.39 is 19.5 Å². The first-order valence-corrected chi connectivity index (χ1v) is 18.8. The van der Waals surface area contributed by atoms with Crippen LogP contribution in [-0.2, 0) is 22.7 Å². The molecule has 0 heterocycles. The van der Waals surface area contributed by atoms with Gasteiger partial charge in [-0.2, -0.15) is 0 Å². The van der Waals surface area contributed by atoms with E-state index in [1.807, 2.05) is 24.3 Å². The van der Waals surface area contributed by atoms with Gasteiger partial charge in [0, 0.05) is 50.4 Å². The number of carbonyl (C=O) groups excluding carboxylic acids is 2. The van der Waals surface area contributed by atoms with E-state index in [0.29, 0.717) is 49.2 Å². The molecular weight excluding hydrogens is 782 g/mol. The molecule has 54 heavy (non-hydrogen) atoms. The van der Waals surface area contributed by atoms with Gasteiger partial charge in [-0.05, 0) is 97.2 Å². The van der Waals surface area contributed by atoms with Gasteiger partial charge in [0.25, 0.3) is 23.2 Å². The van der Waals surface area contributed by atoms with E-state index in [-0.39, 0.29) is 35.0 Å². The van der Waals surface area contributed by atoms with Gasteiger partial charge in [0.1, 0.15) is 23.0 Å². The maximum atomic E-state index is 13.1. The number of amides is 2. The first kappa shape index (κ1) is 40.6. The van der Waals surface area contributed by atoms with E-state index in [0.717, 1.165) is 36.8 Å². The van der Waals surface area contributed by atoms with E-state index in [1.165, 1.54) is 48.5 Å². The first-order chi connectivity index (χ1) is 25.8. The molecule has 0 spiro atoms. The van der Waals surface area contributed by atoms with Crippen molar-refractivity contribution >= 4 is 69.6 Å². The van der Waals surface area contributed by atoms with Crippen LogP contribution in [0.15, 0.2) is 97.1 Å². The van der Waals surface area contributed by atoms with Crippen LogP contribution in [-0.4, -0.2) is 54.2 Å². The largest absolute Gasteiger partial charge is 0.457 e. The number of ether oxygens (including phenoxy) is 2. The molecule has 12 nitrogen and oxygen atoms in total. The van der Waals surface area contributed by atoms with Crippen LogP contribution >= 0.6 is 46.4 Å². The van der Waals surface area contributed by atoms with Gasteiger partial charge < -0.3 is 19.3 Å². The fourth-order valence-corrected chi connectivity index (χ4v) is 6.82. The van der Waals surface area contributed by atoms with Gasteiger partial charge in [-0.3, -0.25) is 29.8 Å². The molecule has 1 fully saturated rings. The second-order valence-corrected chi connectivity index (χ2v) is 15.1. The van der Waals surface area contributed by atoms with Crippen LogP contribution in [0.2, 0.25) is 0 Å². The van der Waals surface area contributed by atoms with Crippen LogP contribution in [0.5, 0.6) is 23.0 Å². The first-order valence-electron chi connectivity index (χ1n) is 17.0. The fraction of sp³-hybridized carbons (Fsp3) is 0.316. The topological polar surface area (TPSA) is 145 Å². The Morgan fingerprint density at radius 1 is 0.556 bits per heavy atom. The zero-order valence-corrected chi connectivity index (χ0v) is 31.8. The summed E-state index contributed by atoms with van der Waals surface area (Å²) in [5, 5.41) is 21.8. The average Bonchev–Trinajstić information content (AvgIpc) is 3.16. The number of hydrogen-bond acceptors (Lipinski definition) is 8. The fourth-order valence-electron chi connectivity index (χ4n) is 6.27. The maximum Gasteiger partial charge on any atom is 0.269 e. The highest BCUT2D eigenvalue weighted by Gasteiger charge is 2.30. The molecule has 2 amide bonds. The van der Waals surface area contributed by atoms with Crippen molar-refractivity contribution in [2.75, 3.05) is 13.1 Å². The summed E-state index contributed by atoms with van der Waals surface area (Å²) in [6, 6.07) is 25.9. The molecule has 1 aliphatic rings. The van der Waals surface area contributed by atoms with Gasteiger partial charge in [-0.15, -0.1) is 0 Å². The highest BCUT2D eigenvalue weighted by Crippen LogP contribution is 2.32. The monoisotopic (exact) mass is 816 g/mol. The number of nitro groups is 2. The Kier molecular flexibility index (Phi) is 14.4. The van der Waals surface area contributed by atoms with Gasteiger partial charge in [-0.1, -0.05) is 70.7 Å². The zero-order valence-electron chi connectivity index (χ0n) is 28.8. The van der Waals surface area contributed by atoms with Crippen LogP contribution in [0.1, 0.15) is 36.8 Å². The molecule has 16 heteroatoms. The summed E-state index contributed by atoms with van der Waals surface area (Å²) in [5.41, 5.74) is 1.63. The van der Waals surface area contributed by atoms with Gasteiger partial charge >= 0.3 is 0 Å². The van der Waals surface area contributed by atoms with Crippen molar-refractivity contribution in [3.63, 3.8) is 0 Å². The summed E-state index contributed by atoms with van der Waals surface area (Å²) >= 11 is 24.2. The van der Waals surface area contributed by atoms with Crippen molar-refractivity contribution in [1.82, 2.24) is 9.80 Å². The minimum atomic E-state index is -1.22. The second-order valence-electron chi connectivity index (χ2n) is 12.9. The number of alkyl halides is 4. The van der Waals surface area contributed by atoms with E-state index in [1.54, 1.807) is 34.1 Å². The molecule has 1 saturated carbocycles. The lowest BCUT2D eigenvalue weighted by Crippen LogP contribution is -2.41. The predicted octanol–water partition coefficient (Wildman–Crippen LogP) is 9.86. The van der Waals surface area contributed by atoms with E-state index in [4.69, 9.17) is 55.9 Å². The Hall–Kier alpha value is -4.62. The third-order valence-corrected chi connectivity index (χ3v) is 9.83. The molecule has 0 aliphatic heterocycles. The van der Waals surface area contributed by atoms with Gasteiger partial charge in [-0.25, -0.2) is 0 Å². The molecular formula is C38H36Cl4N4O8. The molecule has 0 atom stereocenters. The molecule has 5 rings (SSSR count). The summed E-state index contributed by atoms with van der Waals surface area (Å²) in [6.45, 7) is 1.51. The van der Waals surface area contributed by atoms with Gasteiger partial charge in [0.2, 0.25) is 0 Å². The lowest BCUT2D eigenvalue weighted by molar-refractivity contribution is -0.385. The normalized spacial score (nSPS) is 15.4. The molecule has 4 aromatic carbocycles.